The van der Waals surface area contributed by atoms with Crippen molar-refractivity contribution in [1.82, 2.24) is 24.7 Å². The smallest absolute Gasteiger partial charge is 0.222 e. The van der Waals surface area contributed by atoms with Gasteiger partial charge in [0.2, 0.25) is 5.91 Å². The first kappa shape index (κ1) is 19.2. The van der Waals surface area contributed by atoms with Crippen LogP contribution in [0.25, 0.3) is 5.65 Å². The number of hydrogen-bond acceptors (Lipinski definition) is 5. The molecule has 4 rings (SSSR count). The molecule has 1 saturated heterocycles. The molecule has 152 valence electrons. The number of piperazine rings is 1. The Bertz CT molecular complexity index is 825. The summed E-state index contributed by atoms with van der Waals surface area (Å²) in [6.45, 7) is 9.55. The van der Waals surface area contributed by atoms with E-state index in [1.807, 2.05) is 21.5 Å². The van der Waals surface area contributed by atoms with Crippen molar-refractivity contribution in [2.75, 3.05) is 31.1 Å². The molecule has 28 heavy (non-hydrogen) atoms. The lowest BCUT2D eigenvalue weighted by atomic mass is 9.96. The minimum Gasteiger partial charge on any atom is -0.352 e. The summed E-state index contributed by atoms with van der Waals surface area (Å²) in [6, 6.07) is 3.98. The van der Waals surface area contributed by atoms with Crippen molar-refractivity contribution in [3.63, 3.8) is 0 Å². The molecule has 2 aliphatic rings. The monoisotopic (exact) mass is 384 g/mol. The van der Waals surface area contributed by atoms with Crippen LogP contribution in [0.2, 0.25) is 0 Å². The molecule has 2 aromatic rings. The average molecular weight is 385 g/mol. The van der Waals surface area contributed by atoms with Crippen molar-refractivity contribution in [2.45, 2.75) is 64.7 Å². The Balaban J connectivity index is 1.37. The number of amides is 1. The zero-order valence-electron chi connectivity index (χ0n) is 17.4. The Labute approximate surface area is 167 Å². The van der Waals surface area contributed by atoms with Gasteiger partial charge in [0.1, 0.15) is 5.82 Å². The van der Waals surface area contributed by atoms with Crippen LogP contribution in [-0.2, 0) is 10.2 Å². The van der Waals surface area contributed by atoms with E-state index in [2.05, 4.69) is 35.9 Å². The number of rotatable bonds is 4. The van der Waals surface area contributed by atoms with E-state index in [0.29, 0.717) is 12.3 Å². The van der Waals surface area contributed by atoms with Gasteiger partial charge in [-0.15, -0.1) is 15.3 Å². The number of anilines is 1. The quantitative estimate of drug-likeness (QED) is 0.811. The van der Waals surface area contributed by atoms with Gasteiger partial charge < -0.3 is 9.80 Å². The maximum Gasteiger partial charge on any atom is 0.222 e. The summed E-state index contributed by atoms with van der Waals surface area (Å²) in [7, 11) is 0. The summed E-state index contributed by atoms with van der Waals surface area (Å²) in [4.78, 5) is 16.9. The highest BCUT2D eigenvalue weighted by molar-refractivity contribution is 5.76. The number of hydrogen-bond donors (Lipinski definition) is 0. The molecule has 0 bridgehead atoms. The van der Waals surface area contributed by atoms with Crippen LogP contribution < -0.4 is 4.90 Å². The Kier molecular flexibility index (Phi) is 5.25. The summed E-state index contributed by atoms with van der Waals surface area (Å²) in [5.41, 5.74) is 0.657. The standard InChI is InChI=1S/C21H32N6O/c1-21(2,3)20-23-22-17-9-10-18(24-27(17)20)25-12-14-26(15-13-25)19(28)11-8-16-6-4-5-7-16/h9-10,16H,4-8,11-15H2,1-3H3. The van der Waals surface area contributed by atoms with E-state index >= 15 is 0 Å². The molecule has 3 heterocycles. The average Bonchev–Trinajstić information content (AvgIpc) is 3.35. The topological polar surface area (TPSA) is 66.6 Å². The molecule has 0 unspecified atom stereocenters. The van der Waals surface area contributed by atoms with E-state index in [1.54, 1.807) is 0 Å². The van der Waals surface area contributed by atoms with Crippen molar-refractivity contribution < 1.29 is 4.79 Å². The van der Waals surface area contributed by atoms with Gasteiger partial charge >= 0.3 is 0 Å². The second kappa shape index (κ2) is 7.68. The fraction of sp³-hybridized carbons (Fsp3) is 0.714. The third-order valence-electron chi connectivity index (χ3n) is 6.12. The first-order valence-corrected chi connectivity index (χ1v) is 10.7. The van der Waals surface area contributed by atoms with Crippen molar-refractivity contribution in [2.24, 2.45) is 5.92 Å². The summed E-state index contributed by atoms with van der Waals surface area (Å²) >= 11 is 0. The van der Waals surface area contributed by atoms with Gasteiger partial charge in [-0.2, -0.15) is 4.52 Å². The number of carbonyl (C=O) groups is 1. The van der Waals surface area contributed by atoms with Crippen LogP contribution in [0, 0.1) is 5.92 Å². The van der Waals surface area contributed by atoms with Crippen LogP contribution in [-0.4, -0.2) is 56.8 Å². The van der Waals surface area contributed by atoms with Crippen LogP contribution in [0.3, 0.4) is 0 Å². The second-order valence-corrected chi connectivity index (χ2v) is 9.29. The molecule has 0 N–H and O–H groups in total. The molecule has 1 aliphatic carbocycles. The highest BCUT2D eigenvalue weighted by atomic mass is 16.2. The maximum absolute atomic E-state index is 12.6. The molecule has 1 aliphatic heterocycles. The number of aromatic nitrogens is 4. The van der Waals surface area contributed by atoms with Crippen molar-refractivity contribution in [3.05, 3.63) is 18.0 Å². The molecular formula is C21H32N6O. The van der Waals surface area contributed by atoms with E-state index in [1.165, 1.54) is 25.7 Å². The van der Waals surface area contributed by atoms with Gasteiger partial charge in [0.05, 0.1) is 0 Å². The SMILES string of the molecule is CC(C)(C)c1nnc2ccc(N3CCN(C(=O)CCC4CCCC4)CC3)nn12. The molecule has 0 spiro atoms. The highest BCUT2D eigenvalue weighted by Gasteiger charge is 2.25. The first-order chi connectivity index (χ1) is 13.4. The van der Waals surface area contributed by atoms with Gasteiger partial charge in [0, 0.05) is 38.0 Å². The van der Waals surface area contributed by atoms with Crippen LogP contribution >= 0.6 is 0 Å². The van der Waals surface area contributed by atoms with E-state index in [9.17, 15) is 4.79 Å². The minimum atomic E-state index is -0.116. The zero-order valence-corrected chi connectivity index (χ0v) is 17.4. The molecule has 1 saturated carbocycles. The molecule has 2 aromatic heterocycles. The number of fused-ring (bicyclic) bond motifs is 1. The molecule has 0 atom stereocenters. The Morgan fingerprint density at radius 3 is 2.46 bits per heavy atom. The molecule has 0 radical (unpaired) electrons. The summed E-state index contributed by atoms with van der Waals surface area (Å²) in [5, 5.41) is 13.4. The zero-order chi connectivity index (χ0) is 19.7. The lowest BCUT2D eigenvalue weighted by Crippen LogP contribution is -2.49. The van der Waals surface area contributed by atoms with Gasteiger partial charge in [-0.25, -0.2) is 0 Å². The molecule has 2 fully saturated rings. The highest BCUT2D eigenvalue weighted by Crippen LogP contribution is 2.29. The fourth-order valence-corrected chi connectivity index (χ4v) is 4.39. The van der Waals surface area contributed by atoms with Gasteiger partial charge in [0.25, 0.3) is 0 Å². The third-order valence-corrected chi connectivity index (χ3v) is 6.12. The van der Waals surface area contributed by atoms with E-state index in [-0.39, 0.29) is 5.41 Å². The van der Waals surface area contributed by atoms with Crippen molar-refractivity contribution in [3.8, 4) is 0 Å². The van der Waals surface area contributed by atoms with Gasteiger partial charge in [-0.05, 0) is 24.5 Å². The van der Waals surface area contributed by atoms with Crippen LogP contribution in [0.1, 0.15) is 65.1 Å². The molecule has 1 amide bonds. The molecule has 7 nitrogen and oxygen atoms in total. The van der Waals surface area contributed by atoms with Gasteiger partial charge in [-0.3, -0.25) is 4.79 Å². The van der Waals surface area contributed by atoms with Crippen LogP contribution in [0.15, 0.2) is 12.1 Å². The van der Waals surface area contributed by atoms with Gasteiger partial charge in [0.15, 0.2) is 11.5 Å². The summed E-state index contributed by atoms with van der Waals surface area (Å²) in [6.07, 6.45) is 7.10. The first-order valence-electron chi connectivity index (χ1n) is 10.7. The largest absolute Gasteiger partial charge is 0.352 e. The van der Waals surface area contributed by atoms with E-state index in [0.717, 1.165) is 55.8 Å². The fourth-order valence-electron chi connectivity index (χ4n) is 4.39. The summed E-state index contributed by atoms with van der Waals surface area (Å²) in [5.74, 6) is 2.90. The Morgan fingerprint density at radius 2 is 1.79 bits per heavy atom. The second-order valence-electron chi connectivity index (χ2n) is 9.29. The number of carbonyl (C=O) groups excluding carboxylic acids is 1. The van der Waals surface area contributed by atoms with E-state index in [4.69, 9.17) is 5.10 Å². The summed E-state index contributed by atoms with van der Waals surface area (Å²) < 4.78 is 1.86. The van der Waals surface area contributed by atoms with Crippen LogP contribution in [0.5, 0.6) is 0 Å². The normalized spacial score (nSPS) is 19.0. The van der Waals surface area contributed by atoms with Crippen molar-refractivity contribution >= 4 is 17.4 Å². The van der Waals surface area contributed by atoms with E-state index < -0.39 is 0 Å². The predicted octanol–water partition coefficient (Wildman–Crippen LogP) is 3.04. The lowest BCUT2D eigenvalue weighted by Gasteiger charge is -2.35. The Hall–Kier alpha value is -2.18. The molecule has 0 aromatic carbocycles. The van der Waals surface area contributed by atoms with Gasteiger partial charge in [-0.1, -0.05) is 46.5 Å². The third kappa shape index (κ3) is 3.98. The van der Waals surface area contributed by atoms with Crippen LogP contribution in [0.4, 0.5) is 5.82 Å². The lowest BCUT2D eigenvalue weighted by molar-refractivity contribution is -0.131. The molecule has 7 heteroatoms. The Morgan fingerprint density at radius 1 is 1.07 bits per heavy atom. The number of nitrogens with zero attached hydrogens (tertiary/aromatic N) is 6. The maximum atomic E-state index is 12.6. The minimum absolute atomic E-state index is 0.116. The predicted molar refractivity (Wildman–Crippen MR) is 109 cm³/mol. The molecular weight excluding hydrogens is 352 g/mol. The van der Waals surface area contributed by atoms with Crippen molar-refractivity contribution in [1.29, 1.82) is 0 Å².